The minimum absolute atomic E-state index is 0.261. The molecule has 1 aliphatic rings. The van der Waals surface area contributed by atoms with Crippen LogP contribution in [0.5, 0.6) is 0 Å². The van der Waals surface area contributed by atoms with Gasteiger partial charge in [-0.25, -0.2) is 0 Å². The summed E-state index contributed by atoms with van der Waals surface area (Å²) in [6.07, 6.45) is 3.57. The van der Waals surface area contributed by atoms with Crippen molar-refractivity contribution in [1.82, 2.24) is 4.98 Å². The van der Waals surface area contributed by atoms with Crippen molar-refractivity contribution in [3.63, 3.8) is 0 Å². The maximum atomic E-state index is 9.41. The van der Waals surface area contributed by atoms with Gasteiger partial charge in [-0.1, -0.05) is 0 Å². The number of fused-ring (bicyclic) bond motifs is 1. The number of rotatable bonds is 0. The fourth-order valence-electron chi connectivity index (χ4n) is 1.66. The molecule has 1 N–H and O–H groups in total. The van der Waals surface area contributed by atoms with E-state index in [-0.39, 0.29) is 6.10 Å². The highest BCUT2D eigenvalue weighted by Gasteiger charge is 2.17. The van der Waals surface area contributed by atoms with Gasteiger partial charge in [0.05, 0.1) is 11.7 Å². The van der Waals surface area contributed by atoms with Gasteiger partial charge in [-0.05, 0) is 24.5 Å². The third-order valence-corrected chi connectivity index (χ3v) is 2.36. The van der Waals surface area contributed by atoms with Gasteiger partial charge in [-0.2, -0.15) is 5.26 Å². The van der Waals surface area contributed by atoms with Crippen LogP contribution >= 0.6 is 0 Å². The predicted octanol–water partition coefficient (Wildman–Crippen LogP) is 0.803. The van der Waals surface area contributed by atoms with Gasteiger partial charge in [0.1, 0.15) is 6.07 Å². The van der Waals surface area contributed by atoms with Crippen LogP contribution in [0.2, 0.25) is 0 Å². The van der Waals surface area contributed by atoms with E-state index in [2.05, 4.69) is 4.98 Å². The summed E-state index contributed by atoms with van der Waals surface area (Å²) < 4.78 is 0. The zero-order valence-electron chi connectivity index (χ0n) is 7.20. The van der Waals surface area contributed by atoms with Crippen LogP contribution in [0.15, 0.2) is 12.3 Å². The number of pyridine rings is 1. The molecule has 3 nitrogen and oxygen atoms in total. The molecule has 1 atom stereocenters. The quantitative estimate of drug-likeness (QED) is 0.633. The zero-order chi connectivity index (χ0) is 9.26. The molecule has 0 bridgehead atoms. The first-order chi connectivity index (χ1) is 6.29. The Hall–Kier alpha value is -1.40. The van der Waals surface area contributed by atoms with Crippen LogP contribution in [-0.4, -0.2) is 16.2 Å². The summed E-state index contributed by atoms with van der Waals surface area (Å²) in [6, 6.07) is 3.87. The number of hydrogen-bond acceptors (Lipinski definition) is 3. The van der Waals surface area contributed by atoms with Crippen LogP contribution in [-0.2, 0) is 12.8 Å². The third kappa shape index (κ3) is 1.53. The predicted molar refractivity (Wildman–Crippen MR) is 47.0 cm³/mol. The molecular formula is C10H10N2O. The van der Waals surface area contributed by atoms with Crippen LogP contribution in [0.4, 0.5) is 0 Å². The highest BCUT2D eigenvalue weighted by molar-refractivity contribution is 5.34. The molecule has 0 fully saturated rings. The molecule has 1 aliphatic carbocycles. The third-order valence-electron chi connectivity index (χ3n) is 2.36. The van der Waals surface area contributed by atoms with E-state index in [1.54, 1.807) is 6.20 Å². The van der Waals surface area contributed by atoms with Gasteiger partial charge in [-0.15, -0.1) is 0 Å². The van der Waals surface area contributed by atoms with Crippen LogP contribution in [0.1, 0.15) is 23.2 Å². The Morgan fingerprint density at radius 3 is 3.23 bits per heavy atom. The summed E-state index contributed by atoms with van der Waals surface area (Å²) >= 11 is 0. The number of aromatic nitrogens is 1. The average molecular weight is 174 g/mol. The van der Waals surface area contributed by atoms with Gasteiger partial charge in [-0.3, -0.25) is 4.98 Å². The second-order valence-electron chi connectivity index (χ2n) is 3.34. The molecule has 0 aromatic carbocycles. The maximum Gasteiger partial charge on any atom is 0.101 e. The van der Waals surface area contributed by atoms with Crippen molar-refractivity contribution in [3.05, 3.63) is 29.1 Å². The second-order valence-corrected chi connectivity index (χ2v) is 3.34. The monoisotopic (exact) mass is 174 g/mol. The number of nitrogens with zero attached hydrogens (tertiary/aromatic N) is 2. The summed E-state index contributed by atoms with van der Waals surface area (Å²) in [5.74, 6) is 0. The van der Waals surface area contributed by atoms with E-state index in [0.717, 1.165) is 24.1 Å². The molecule has 1 heterocycles. The first-order valence-corrected chi connectivity index (χ1v) is 4.35. The van der Waals surface area contributed by atoms with E-state index in [9.17, 15) is 5.11 Å². The van der Waals surface area contributed by atoms with Crippen LogP contribution < -0.4 is 0 Å². The Morgan fingerprint density at radius 1 is 1.62 bits per heavy atom. The fraction of sp³-hybridized carbons (Fsp3) is 0.400. The first-order valence-electron chi connectivity index (χ1n) is 4.35. The average Bonchev–Trinajstić information content (AvgIpc) is 2.16. The van der Waals surface area contributed by atoms with E-state index in [1.165, 1.54) is 0 Å². The molecule has 1 unspecified atom stereocenters. The number of aliphatic hydroxyl groups is 1. The lowest BCUT2D eigenvalue weighted by atomic mass is 9.93. The Balaban J connectivity index is 2.39. The lowest BCUT2D eigenvalue weighted by molar-refractivity contribution is 0.157. The lowest BCUT2D eigenvalue weighted by Gasteiger charge is -2.19. The van der Waals surface area contributed by atoms with Gasteiger partial charge in [0.15, 0.2) is 0 Å². The van der Waals surface area contributed by atoms with Gasteiger partial charge in [0.2, 0.25) is 0 Å². The van der Waals surface area contributed by atoms with E-state index < -0.39 is 0 Å². The first kappa shape index (κ1) is 8.21. The van der Waals surface area contributed by atoms with E-state index >= 15 is 0 Å². The molecule has 0 amide bonds. The van der Waals surface area contributed by atoms with Crippen molar-refractivity contribution in [2.45, 2.75) is 25.4 Å². The van der Waals surface area contributed by atoms with Crippen molar-refractivity contribution in [2.75, 3.05) is 0 Å². The highest BCUT2D eigenvalue weighted by Crippen LogP contribution is 2.20. The minimum Gasteiger partial charge on any atom is -0.393 e. The minimum atomic E-state index is -0.261. The molecule has 2 rings (SSSR count). The molecule has 0 aliphatic heterocycles. The smallest absolute Gasteiger partial charge is 0.101 e. The molecule has 13 heavy (non-hydrogen) atoms. The van der Waals surface area contributed by atoms with Crippen molar-refractivity contribution in [2.24, 2.45) is 0 Å². The summed E-state index contributed by atoms with van der Waals surface area (Å²) in [4.78, 5) is 4.19. The topological polar surface area (TPSA) is 56.9 Å². The lowest BCUT2D eigenvalue weighted by Crippen LogP contribution is -2.19. The normalized spacial score (nSPS) is 20.5. The van der Waals surface area contributed by atoms with E-state index in [0.29, 0.717) is 12.0 Å². The molecule has 1 aromatic heterocycles. The standard InChI is InChI=1S/C10H10N2O/c11-5-7-3-8-4-9(13)1-2-10(8)12-6-7/h3,6,9,13H,1-2,4H2. The summed E-state index contributed by atoms with van der Waals surface area (Å²) in [5, 5.41) is 18.1. The second kappa shape index (κ2) is 3.15. The van der Waals surface area contributed by atoms with Crippen LogP contribution in [0, 0.1) is 11.3 Å². The molecule has 66 valence electrons. The zero-order valence-corrected chi connectivity index (χ0v) is 7.20. The molecular weight excluding hydrogens is 164 g/mol. The molecule has 1 aromatic rings. The molecule has 0 spiro atoms. The Kier molecular flexibility index (Phi) is 1.99. The van der Waals surface area contributed by atoms with Crippen LogP contribution in [0.3, 0.4) is 0 Å². The molecule has 0 saturated heterocycles. The number of aliphatic hydroxyl groups excluding tert-OH is 1. The van der Waals surface area contributed by atoms with E-state index in [4.69, 9.17) is 5.26 Å². The van der Waals surface area contributed by atoms with Gasteiger partial charge < -0.3 is 5.11 Å². The van der Waals surface area contributed by atoms with Crippen molar-refractivity contribution in [3.8, 4) is 6.07 Å². The van der Waals surface area contributed by atoms with Crippen molar-refractivity contribution >= 4 is 0 Å². The fourth-order valence-corrected chi connectivity index (χ4v) is 1.66. The van der Waals surface area contributed by atoms with Crippen molar-refractivity contribution < 1.29 is 5.11 Å². The molecule has 0 radical (unpaired) electrons. The number of aryl methyl sites for hydroxylation is 1. The van der Waals surface area contributed by atoms with Gasteiger partial charge in [0, 0.05) is 18.3 Å². The Bertz CT molecular complexity index is 368. The SMILES string of the molecule is N#Cc1cnc2c(c1)CC(O)CC2. The summed E-state index contributed by atoms with van der Waals surface area (Å²) in [6.45, 7) is 0. The van der Waals surface area contributed by atoms with Gasteiger partial charge >= 0.3 is 0 Å². The maximum absolute atomic E-state index is 9.41. The van der Waals surface area contributed by atoms with Gasteiger partial charge in [0.25, 0.3) is 0 Å². The number of hydrogen-bond donors (Lipinski definition) is 1. The molecule has 3 heteroatoms. The van der Waals surface area contributed by atoms with Crippen molar-refractivity contribution in [1.29, 1.82) is 5.26 Å². The van der Waals surface area contributed by atoms with E-state index in [1.807, 2.05) is 12.1 Å². The van der Waals surface area contributed by atoms with Crippen LogP contribution in [0.25, 0.3) is 0 Å². The number of nitriles is 1. The largest absolute Gasteiger partial charge is 0.393 e. The summed E-state index contributed by atoms with van der Waals surface area (Å²) in [7, 11) is 0. The Labute approximate surface area is 76.7 Å². The highest BCUT2D eigenvalue weighted by atomic mass is 16.3. The molecule has 0 saturated carbocycles. The Morgan fingerprint density at radius 2 is 2.46 bits per heavy atom. The summed E-state index contributed by atoms with van der Waals surface area (Å²) in [5.41, 5.74) is 2.63.